The number of nitrogens with one attached hydrogen (secondary N) is 2. The van der Waals surface area contributed by atoms with Crippen LogP contribution in [0.5, 0.6) is 5.75 Å². The zero-order chi connectivity index (χ0) is 21.2. The summed E-state index contributed by atoms with van der Waals surface area (Å²) in [5.74, 6) is 2.36. The van der Waals surface area contributed by atoms with Crippen LogP contribution in [0.1, 0.15) is 33.3 Å². The second kappa shape index (κ2) is 12.0. The van der Waals surface area contributed by atoms with Gasteiger partial charge in [0.2, 0.25) is 0 Å². The third-order valence-corrected chi connectivity index (χ3v) is 5.44. The van der Waals surface area contributed by atoms with E-state index in [4.69, 9.17) is 9.73 Å². The topological polar surface area (TPSA) is 52.1 Å². The number of benzene rings is 1. The number of likely N-dealkylation sites (N-methyl/N-ethyl adjacent to an activating group) is 1. The predicted molar refractivity (Wildman–Crippen MR) is 123 cm³/mol. The molecule has 2 atom stereocenters. The predicted octanol–water partition coefficient (Wildman–Crippen LogP) is 2.59. The Kier molecular flexibility index (Phi) is 9.74. The van der Waals surface area contributed by atoms with Crippen LogP contribution in [0.2, 0.25) is 0 Å². The number of guanidine groups is 1. The van der Waals surface area contributed by atoms with Crippen molar-refractivity contribution >= 4 is 5.96 Å². The Morgan fingerprint density at radius 1 is 1.14 bits per heavy atom. The molecule has 1 aliphatic rings. The minimum absolute atomic E-state index is 0.0548. The molecule has 1 aliphatic heterocycles. The van der Waals surface area contributed by atoms with E-state index in [2.05, 4.69) is 74.2 Å². The highest BCUT2D eigenvalue weighted by molar-refractivity contribution is 5.79. The lowest BCUT2D eigenvalue weighted by Crippen LogP contribution is -2.52. The van der Waals surface area contributed by atoms with Crippen LogP contribution >= 0.6 is 0 Å². The van der Waals surface area contributed by atoms with Crippen LogP contribution in [0.25, 0.3) is 0 Å². The van der Waals surface area contributed by atoms with Crippen LogP contribution in [0, 0.1) is 12.8 Å². The molecule has 2 rings (SSSR count). The van der Waals surface area contributed by atoms with Crippen molar-refractivity contribution < 1.29 is 4.74 Å². The lowest BCUT2D eigenvalue weighted by molar-refractivity contribution is 0.0925. The number of aliphatic imine (C=N–C) groups is 1. The Morgan fingerprint density at radius 2 is 1.86 bits per heavy atom. The van der Waals surface area contributed by atoms with Crippen molar-refractivity contribution in [1.82, 2.24) is 20.4 Å². The van der Waals surface area contributed by atoms with Gasteiger partial charge in [0, 0.05) is 38.8 Å². The number of piperazine rings is 1. The molecular weight excluding hydrogens is 362 g/mol. The number of aryl methyl sites for hydroxylation is 1. The van der Waals surface area contributed by atoms with Crippen LogP contribution in [-0.4, -0.2) is 80.8 Å². The van der Waals surface area contributed by atoms with Crippen molar-refractivity contribution in [3.63, 3.8) is 0 Å². The number of nitrogens with zero attached hydrogens (tertiary/aromatic N) is 3. The summed E-state index contributed by atoms with van der Waals surface area (Å²) in [7, 11) is 2.20. The van der Waals surface area contributed by atoms with Crippen molar-refractivity contribution in [2.75, 3.05) is 52.9 Å². The van der Waals surface area contributed by atoms with Gasteiger partial charge in [-0.1, -0.05) is 26.0 Å². The number of rotatable bonds is 9. The second-order valence-electron chi connectivity index (χ2n) is 8.50. The maximum atomic E-state index is 6.03. The first-order valence-electron chi connectivity index (χ1n) is 11.1. The smallest absolute Gasteiger partial charge is 0.191 e. The zero-order valence-corrected chi connectivity index (χ0v) is 19.2. The van der Waals surface area contributed by atoms with Gasteiger partial charge in [0.05, 0.1) is 13.1 Å². The number of hydrogen-bond acceptors (Lipinski definition) is 4. The van der Waals surface area contributed by atoms with Gasteiger partial charge in [-0.2, -0.15) is 0 Å². The Hall–Kier alpha value is -1.79. The average Bonchev–Trinajstić information content (AvgIpc) is 2.67. The molecule has 0 aliphatic carbocycles. The first-order valence-corrected chi connectivity index (χ1v) is 11.1. The lowest BCUT2D eigenvalue weighted by Gasteiger charge is -2.39. The highest BCUT2D eigenvalue weighted by Gasteiger charge is 2.24. The lowest BCUT2D eigenvalue weighted by atomic mass is 10.0. The molecule has 164 valence electrons. The van der Waals surface area contributed by atoms with Gasteiger partial charge >= 0.3 is 0 Å². The standard InChI is InChI=1S/C23H41N5O/c1-7-24-23(25-16-20(5)29-21-10-8-9-19(4)15-21)26-17-22(18(2)3)28-13-11-27(6)12-14-28/h8-10,15,18,20,22H,7,11-14,16-17H2,1-6H3,(H2,24,25,26). The summed E-state index contributed by atoms with van der Waals surface area (Å²) < 4.78 is 6.03. The summed E-state index contributed by atoms with van der Waals surface area (Å²) in [6.45, 7) is 17.8. The molecular formula is C23H41N5O. The maximum Gasteiger partial charge on any atom is 0.191 e. The molecule has 0 bridgehead atoms. The van der Waals surface area contributed by atoms with Gasteiger partial charge in [-0.05, 0) is 51.4 Å². The Bertz CT molecular complexity index is 625. The molecule has 6 heteroatoms. The van der Waals surface area contributed by atoms with Gasteiger partial charge in [-0.15, -0.1) is 0 Å². The number of hydrogen-bond donors (Lipinski definition) is 2. The zero-order valence-electron chi connectivity index (χ0n) is 19.2. The molecule has 1 aromatic carbocycles. The summed E-state index contributed by atoms with van der Waals surface area (Å²) >= 11 is 0. The third kappa shape index (κ3) is 8.23. The van der Waals surface area contributed by atoms with Crippen molar-refractivity contribution in [2.24, 2.45) is 10.9 Å². The number of ether oxygens (including phenoxy) is 1. The molecule has 0 aromatic heterocycles. The second-order valence-corrected chi connectivity index (χ2v) is 8.50. The molecule has 0 saturated carbocycles. The SMILES string of the molecule is CCNC(=NCC(C(C)C)N1CCN(C)CC1)NCC(C)Oc1cccc(C)c1. The van der Waals surface area contributed by atoms with Crippen LogP contribution in [0.4, 0.5) is 0 Å². The fourth-order valence-electron chi connectivity index (χ4n) is 3.63. The highest BCUT2D eigenvalue weighted by Crippen LogP contribution is 2.15. The van der Waals surface area contributed by atoms with E-state index in [1.807, 2.05) is 12.1 Å². The van der Waals surface area contributed by atoms with Crippen molar-refractivity contribution in [3.8, 4) is 5.75 Å². The Balaban J connectivity index is 1.89. The molecule has 2 N–H and O–H groups in total. The summed E-state index contributed by atoms with van der Waals surface area (Å²) in [6, 6.07) is 8.66. The van der Waals surface area contributed by atoms with E-state index in [1.54, 1.807) is 0 Å². The maximum absolute atomic E-state index is 6.03. The van der Waals surface area contributed by atoms with E-state index in [-0.39, 0.29) is 6.10 Å². The molecule has 1 saturated heterocycles. The van der Waals surface area contributed by atoms with Gasteiger partial charge in [0.25, 0.3) is 0 Å². The third-order valence-electron chi connectivity index (χ3n) is 5.44. The van der Waals surface area contributed by atoms with Crippen molar-refractivity contribution in [1.29, 1.82) is 0 Å². The van der Waals surface area contributed by atoms with Crippen LogP contribution in [-0.2, 0) is 0 Å². The first-order chi connectivity index (χ1) is 13.9. The molecule has 1 fully saturated rings. The van der Waals surface area contributed by atoms with Gasteiger partial charge in [-0.25, -0.2) is 0 Å². The minimum Gasteiger partial charge on any atom is -0.489 e. The molecule has 6 nitrogen and oxygen atoms in total. The largest absolute Gasteiger partial charge is 0.489 e. The molecule has 0 radical (unpaired) electrons. The fraction of sp³-hybridized carbons (Fsp3) is 0.696. The van der Waals surface area contributed by atoms with Gasteiger partial charge in [-0.3, -0.25) is 9.89 Å². The first kappa shape index (κ1) is 23.5. The molecule has 1 heterocycles. The normalized spacial score (nSPS) is 18.5. The van der Waals surface area contributed by atoms with Crippen molar-refractivity contribution in [3.05, 3.63) is 29.8 Å². The quantitative estimate of drug-likeness (QED) is 0.490. The molecule has 1 aromatic rings. The Labute approximate surface area is 177 Å². The van der Waals surface area contributed by atoms with Crippen LogP contribution in [0.15, 0.2) is 29.3 Å². The molecule has 0 amide bonds. The fourth-order valence-corrected chi connectivity index (χ4v) is 3.63. The van der Waals surface area contributed by atoms with Crippen LogP contribution in [0.3, 0.4) is 0 Å². The van der Waals surface area contributed by atoms with E-state index in [1.165, 1.54) is 5.56 Å². The summed E-state index contributed by atoms with van der Waals surface area (Å²) in [4.78, 5) is 9.91. The van der Waals surface area contributed by atoms with E-state index in [9.17, 15) is 0 Å². The molecule has 29 heavy (non-hydrogen) atoms. The van der Waals surface area contributed by atoms with E-state index in [0.29, 0.717) is 18.5 Å². The minimum atomic E-state index is 0.0548. The summed E-state index contributed by atoms with van der Waals surface area (Å²) in [5, 5.41) is 6.82. The molecule has 2 unspecified atom stereocenters. The summed E-state index contributed by atoms with van der Waals surface area (Å²) in [5.41, 5.74) is 1.21. The average molecular weight is 404 g/mol. The Morgan fingerprint density at radius 3 is 2.48 bits per heavy atom. The van der Waals surface area contributed by atoms with Gasteiger partial charge < -0.3 is 20.3 Å². The van der Waals surface area contributed by atoms with E-state index < -0.39 is 0 Å². The summed E-state index contributed by atoms with van der Waals surface area (Å²) in [6.07, 6.45) is 0.0548. The van der Waals surface area contributed by atoms with Gasteiger partial charge in [0.15, 0.2) is 5.96 Å². The van der Waals surface area contributed by atoms with E-state index >= 15 is 0 Å². The molecule has 0 spiro atoms. The monoisotopic (exact) mass is 403 g/mol. The van der Waals surface area contributed by atoms with E-state index in [0.717, 1.165) is 51.0 Å². The highest BCUT2D eigenvalue weighted by atomic mass is 16.5. The van der Waals surface area contributed by atoms with Gasteiger partial charge in [0.1, 0.15) is 11.9 Å². The van der Waals surface area contributed by atoms with Crippen molar-refractivity contribution in [2.45, 2.75) is 46.8 Å². The van der Waals surface area contributed by atoms with Crippen LogP contribution < -0.4 is 15.4 Å².